The van der Waals surface area contributed by atoms with Crippen molar-refractivity contribution in [1.82, 2.24) is 15.3 Å². The molecule has 10 heteroatoms. The van der Waals surface area contributed by atoms with Crippen molar-refractivity contribution >= 4 is 57.9 Å². The van der Waals surface area contributed by atoms with Crippen LogP contribution in [0.4, 0.5) is 28.8 Å². The second-order valence-corrected chi connectivity index (χ2v) is 9.57. The van der Waals surface area contributed by atoms with Crippen LogP contribution < -0.4 is 25.3 Å². The summed E-state index contributed by atoms with van der Waals surface area (Å²) < 4.78 is 0. The highest BCUT2D eigenvalue weighted by Gasteiger charge is 2.32. The molecule has 1 fully saturated rings. The van der Waals surface area contributed by atoms with E-state index in [-0.39, 0.29) is 12.6 Å². The topological polar surface area (TPSA) is 76.6 Å². The number of benzene rings is 2. The summed E-state index contributed by atoms with van der Waals surface area (Å²) in [5.74, 6) is 0.731. The van der Waals surface area contributed by atoms with Gasteiger partial charge in [-0.15, -0.1) is 0 Å². The van der Waals surface area contributed by atoms with Gasteiger partial charge in [0.25, 0.3) is 5.91 Å². The molecule has 2 aromatic carbocycles. The van der Waals surface area contributed by atoms with Gasteiger partial charge in [0.1, 0.15) is 11.4 Å². The third-order valence-corrected chi connectivity index (χ3v) is 7.01. The molecule has 2 N–H and O–H groups in total. The minimum absolute atomic E-state index is 0.245. The molecule has 0 radical (unpaired) electrons. The van der Waals surface area contributed by atoms with E-state index in [1.807, 2.05) is 24.1 Å². The Morgan fingerprint density at radius 1 is 1.14 bits per heavy atom. The number of carbonyl (C=O) groups is 1. The first kappa shape index (κ1) is 23.7. The molecule has 0 saturated carbocycles. The monoisotopic (exact) mass is 511 g/mol. The smallest absolute Gasteiger partial charge is 0.265 e. The molecule has 2 aliphatic heterocycles. The Morgan fingerprint density at radius 3 is 2.60 bits per heavy atom. The average Bonchev–Trinajstić information content (AvgIpc) is 2.87. The summed E-state index contributed by atoms with van der Waals surface area (Å²) in [6.45, 7) is 5.47. The molecule has 182 valence electrons. The first-order valence-corrected chi connectivity index (χ1v) is 12.4. The standard InChI is InChI=1S/C25H27Cl2N7O/c1-3-16-14-33(12-11-28-16)18-9-7-17(8-10-18)30-25-29-13-19-23(31-25)32(2)15-34(24(19)35)22-20(26)5-4-6-21(22)27/h4-10,13,16,28H,3,11-12,14-15H2,1-2H3,(H,29,30,31)/t16-/m1/s1. The van der Waals surface area contributed by atoms with Gasteiger partial charge in [-0.3, -0.25) is 9.69 Å². The maximum absolute atomic E-state index is 13.2. The number of carbonyl (C=O) groups excluding carboxylic acids is 1. The van der Waals surface area contributed by atoms with Gasteiger partial charge >= 0.3 is 0 Å². The van der Waals surface area contributed by atoms with Crippen molar-refractivity contribution in [3.63, 3.8) is 0 Å². The molecule has 1 atom stereocenters. The van der Waals surface area contributed by atoms with Crippen molar-refractivity contribution in [2.75, 3.05) is 53.4 Å². The second kappa shape index (κ2) is 9.89. The number of hydrogen-bond acceptors (Lipinski definition) is 7. The van der Waals surface area contributed by atoms with Gasteiger partial charge in [-0.05, 0) is 42.8 Å². The zero-order valence-corrected chi connectivity index (χ0v) is 21.1. The first-order valence-electron chi connectivity index (χ1n) is 11.6. The summed E-state index contributed by atoms with van der Waals surface area (Å²) in [6, 6.07) is 14.0. The second-order valence-electron chi connectivity index (χ2n) is 8.75. The Kier molecular flexibility index (Phi) is 6.69. The summed E-state index contributed by atoms with van der Waals surface area (Å²) in [4.78, 5) is 28.1. The number of nitrogens with zero attached hydrogens (tertiary/aromatic N) is 5. The fourth-order valence-electron chi connectivity index (χ4n) is 4.50. The van der Waals surface area contributed by atoms with Crippen LogP contribution in [0.2, 0.25) is 10.0 Å². The number of rotatable bonds is 5. The zero-order valence-electron chi connectivity index (χ0n) is 19.6. The summed E-state index contributed by atoms with van der Waals surface area (Å²) in [5, 5.41) is 7.63. The minimum atomic E-state index is -0.245. The number of para-hydroxylation sites is 1. The Balaban J connectivity index is 1.33. The summed E-state index contributed by atoms with van der Waals surface area (Å²) in [7, 11) is 1.87. The molecule has 8 nitrogen and oxygen atoms in total. The molecular weight excluding hydrogens is 485 g/mol. The van der Waals surface area contributed by atoms with E-state index in [1.54, 1.807) is 29.3 Å². The fraction of sp³-hybridized carbons (Fsp3) is 0.320. The number of fused-ring (bicyclic) bond motifs is 1. The Hall–Kier alpha value is -3.07. The highest BCUT2D eigenvalue weighted by atomic mass is 35.5. The van der Waals surface area contributed by atoms with Gasteiger partial charge in [0.2, 0.25) is 5.95 Å². The summed E-state index contributed by atoms with van der Waals surface area (Å²) in [5.41, 5.74) is 2.95. The lowest BCUT2D eigenvalue weighted by Crippen LogP contribution is -2.50. The summed E-state index contributed by atoms with van der Waals surface area (Å²) >= 11 is 12.7. The van der Waals surface area contributed by atoms with Crippen molar-refractivity contribution in [2.45, 2.75) is 19.4 Å². The quantitative estimate of drug-likeness (QED) is 0.510. The highest BCUT2D eigenvalue weighted by Crippen LogP contribution is 2.37. The van der Waals surface area contributed by atoms with E-state index in [1.165, 1.54) is 5.69 Å². The first-order chi connectivity index (χ1) is 16.9. The highest BCUT2D eigenvalue weighted by molar-refractivity contribution is 6.40. The van der Waals surface area contributed by atoms with E-state index >= 15 is 0 Å². The van der Waals surface area contributed by atoms with Gasteiger partial charge in [-0.25, -0.2) is 4.98 Å². The van der Waals surface area contributed by atoms with Crippen LogP contribution in [0.5, 0.6) is 0 Å². The van der Waals surface area contributed by atoms with E-state index in [0.717, 1.165) is 31.7 Å². The predicted octanol–water partition coefficient (Wildman–Crippen LogP) is 4.77. The number of halogens is 2. The normalized spacial score (nSPS) is 18.0. The molecule has 2 aliphatic rings. The third-order valence-electron chi connectivity index (χ3n) is 6.40. The van der Waals surface area contributed by atoms with Gasteiger partial charge in [0.15, 0.2) is 0 Å². The van der Waals surface area contributed by atoms with Crippen molar-refractivity contribution < 1.29 is 4.79 Å². The Labute approximate surface area is 214 Å². The van der Waals surface area contributed by atoms with Crippen molar-refractivity contribution in [2.24, 2.45) is 0 Å². The van der Waals surface area contributed by atoms with E-state index in [2.05, 4.69) is 44.6 Å². The SMILES string of the molecule is CC[C@@H]1CN(c2ccc(Nc3ncc4c(n3)N(C)CN(c3c(Cl)cccc3Cl)C4=O)cc2)CCN1. The fourth-order valence-corrected chi connectivity index (χ4v) is 5.10. The summed E-state index contributed by atoms with van der Waals surface area (Å²) in [6.07, 6.45) is 2.66. The minimum Gasteiger partial charge on any atom is -0.369 e. The molecule has 3 heterocycles. The molecule has 0 bridgehead atoms. The average molecular weight is 512 g/mol. The molecule has 5 rings (SSSR count). The molecular formula is C25H27Cl2N7O. The lowest BCUT2D eigenvalue weighted by atomic mass is 10.1. The molecule has 0 aliphatic carbocycles. The number of piperazine rings is 1. The molecule has 1 amide bonds. The van der Waals surface area contributed by atoms with Crippen LogP contribution in [0.1, 0.15) is 23.7 Å². The van der Waals surface area contributed by atoms with Crippen molar-refractivity contribution in [3.8, 4) is 0 Å². The van der Waals surface area contributed by atoms with Crippen LogP contribution in [0.3, 0.4) is 0 Å². The van der Waals surface area contributed by atoms with Crippen LogP contribution >= 0.6 is 23.2 Å². The molecule has 0 unspecified atom stereocenters. The van der Waals surface area contributed by atoms with Gasteiger partial charge in [0.05, 0.1) is 22.4 Å². The van der Waals surface area contributed by atoms with Crippen LogP contribution in [0.15, 0.2) is 48.7 Å². The molecule has 1 saturated heterocycles. The van der Waals surface area contributed by atoms with Crippen molar-refractivity contribution in [1.29, 1.82) is 0 Å². The van der Waals surface area contributed by atoms with Crippen LogP contribution in [0.25, 0.3) is 0 Å². The number of hydrogen-bond donors (Lipinski definition) is 2. The van der Waals surface area contributed by atoms with E-state index in [0.29, 0.717) is 39.1 Å². The number of anilines is 5. The largest absolute Gasteiger partial charge is 0.369 e. The maximum Gasteiger partial charge on any atom is 0.265 e. The molecule has 35 heavy (non-hydrogen) atoms. The number of nitrogens with one attached hydrogen (secondary N) is 2. The van der Waals surface area contributed by atoms with Gasteiger partial charge in [-0.1, -0.05) is 36.2 Å². The number of amides is 1. The lowest BCUT2D eigenvalue weighted by molar-refractivity contribution is 0.0982. The molecule has 1 aromatic heterocycles. The van der Waals surface area contributed by atoms with Gasteiger partial charge < -0.3 is 20.4 Å². The van der Waals surface area contributed by atoms with Gasteiger partial charge in [0, 0.05) is 50.3 Å². The van der Waals surface area contributed by atoms with E-state index < -0.39 is 0 Å². The molecule has 0 spiro atoms. The van der Waals surface area contributed by atoms with Crippen LogP contribution in [-0.2, 0) is 0 Å². The van der Waals surface area contributed by atoms with Crippen LogP contribution in [-0.4, -0.2) is 55.3 Å². The van der Waals surface area contributed by atoms with Gasteiger partial charge in [-0.2, -0.15) is 4.98 Å². The van der Waals surface area contributed by atoms with Crippen LogP contribution in [0, 0.1) is 0 Å². The zero-order chi connectivity index (χ0) is 24.5. The third kappa shape index (κ3) is 4.74. The Bertz CT molecular complexity index is 1220. The number of aromatic nitrogens is 2. The van der Waals surface area contributed by atoms with E-state index in [4.69, 9.17) is 23.2 Å². The predicted molar refractivity (Wildman–Crippen MR) is 143 cm³/mol. The molecule has 3 aromatic rings. The van der Waals surface area contributed by atoms with E-state index in [9.17, 15) is 4.79 Å². The maximum atomic E-state index is 13.2. The Morgan fingerprint density at radius 2 is 1.89 bits per heavy atom. The lowest BCUT2D eigenvalue weighted by Gasteiger charge is -2.35. The van der Waals surface area contributed by atoms with Crippen molar-refractivity contribution in [3.05, 3.63) is 64.3 Å².